The third-order valence-electron chi connectivity index (χ3n) is 5.88. The van der Waals surface area contributed by atoms with Crippen molar-refractivity contribution in [1.29, 1.82) is 0 Å². The van der Waals surface area contributed by atoms with Crippen LogP contribution in [-0.2, 0) is 11.3 Å². The average molecular weight is 356 g/mol. The van der Waals surface area contributed by atoms with Crippen LogP contribution >= 0.6 is 0 Å². The molecule has 6 nitrogen and oxygen atoms in total. The number of nitrogens with zero attached hydrogens (tertiary/aromatic N) is 4. The first-order valence-electron chi connectivity index (χ1n) is 9.48. The van der Waals surface area contributed by atoms with E-state index in [9.17, 15) is 0 Å². The van der Waals surface area contributed by atoms with Crippen LogP contribution in [0.1, 0.15) is 30.8 Å². The molecule has 0 amide bonds. The van der Waals surface area contributed by atoms with Crippen molar-refractivity contribution in [3.63, 3.8) is 0 Å². The molecular weight excluding hydrogens is 328 g/mol. The molecule has 26 heavy (non-hydrogen) atoms. The Labute approximate surface area is 155 Å². The number of piperidine rings is 1. The molecule has 2 aliphatic heterocycles. The van der Waals surface area contributed by atoms with Crippen LogP contribution in [0.3, 0.4) is 0 Å². The van der Waals surface area contributed by atoms with Gasteiger partial charge in [0, 0.05) is 26.0 Å². The van der Waals surface area contributed by atoms with E-state index >= 15 is 0 Å². The molecular formula is C20H28N4O2. The van der Waals surface area contributed by atoms with Crippen LogP contribution < -0.4 is 4.90 Å². The summed E-state index contributed by atoms with van der Waals surface area (Å²) < 4.78 is 11.2. The highest BCUT2D eigenvalue weighted by molar-refractivity contribution is 5.35. The second kappa shape index (κ2) is 7.37. The first-order chi connectivity index (χ1) is 12.7. The third-order valence-corrected chi connectivity index (χ3v) is 5.88. The van der Waals surface area contributed by atoms with E-state index in [0.717, 1.165) is 56.7 Å². The SMILES string of the molecule is COC[C@@H]1CC2(CCN(Cc3ccc(C)o3)CC2)CN1c1ncccn1. The van der Waals surface area contributed by atoms with E-state index < -0.39 is 0 Å². The van der Waals surface area contributed by atoms with Crippen molar-refractivity contribution in [3.8, 4) is 0 Å². The summed E-state index contributed by atoms with van der Waals surface area (Å²) in [5.74, 6) is 2.89. The number of anilines is 1. The molecule has 0 bridgehead atoms. The van der Waals surface area contributed by atoms with E-state index in [0.29, 0.717) is 11.5 Å². The molecule has 2 aromatic rings. The van der Waals surface area contributed by atoms with E-state index in [2.05, 4.69) is 25.8 Å². The minimum Gasteiger partial charge on any atom is -0.465 e. The standard InChI is InChI=1S/C20H28N4O2/c1-16-4-5-18(26-16)13-23-10-6-20(7-11-23)12-17(14-25-2)24(15-20)19-21-8-3-9-22-19/h3-5,8-9,17H,6-7,10-15H2,1-2H3/t17-/m0/s1. The molecule has 1 spiro atoms. The minimum atomic E-state index is 0.345. The van der Waals surface area contributed by atoms with Gasteiger partial charge in [-0.2, -0.15) is 0 Å². The summed E-state index contributed by atoms with van der Waals surface area (Å²) in [7, 11) is 1.78. The largest absolute Gasteiger partial charge is 0.465 e. The quantitative estimate of drug-likeness (QED) is 0.821. The van der Waals surface area contributed by atoms with Crippen LogP contribution in [0, 0.1) is 12.3 Å². The summed E-state index contributed by atoms with van der Waals surface area (Å²) >= 11 is 0. The van der Waals surface area contributed by atoms with Crippen molar-refractivity contribution in [3.05, 3.63) is 42.1 Å². The van der Waals surface area contributed by atoms with Crippen molar-refractivity contribution in [2.24, 2.45) is 5.41 Å². The number of ether oxygens (including phenoxy) is 1. The van der Waals surface area contributed by atoms with Crippen LogP contribution in [0.2, 0.25) is 0 Å². The first-order valence-corrected chi connectivity index (χ1v) is 9.48. The second-order valence-electron chi connectivity index (χ2n) is 7.78. The molecule has 140 valence electrons. The summed E-state index contributed by atoms with van der Waals surface area (Å²) in [6, 6.07) is 6.38. The predicted octanol–water partition coefficient (Wildman–Crippen LogP) is 2.89. The highest BCUT2D eigenvalue weighted by atomic mass is 16.5. The molecule has 2 aromatic heterocycles. The third kappa shape index (κ3) is 3.62. The van der Waals surface area contributed by atoms with Gasteiger partial charge in [-0.15, -0.1) is 0 Å². The maximum atomic E-state index is 5.74. The second-order valence-corrected chi connectivity index (χ2v) is 7.78. The topological polar surface area (TPSA) is 54.6 Å². The Bertz CT molecular complexity index is 710. The molecule has 1 atom stereocenters. The lowest BCUT2D eigenvalue weighted by Gasteiger charge is -2.39. The Morgan fingerprint density at radius 2 is 2.00 bits per heavy atom. The fourth-order valence-electron chi connectivity index (χ4n) is 4.52. The summed E-state index contributed by atoms with van der Waals surface area (Å²) in [6.07, 6.45) is 7.22. The van der Waals surface area contributed by atoms with Gasteiger partial charge >= 0.3 is 0 Å². The highest BCUT2D eigenvalue weighted by Crippen LogP contribution is 2.44. The maximum Gasteiger partial charge on any atom is 0.225 e. The van der Waals surface area contributed by atoms with Crippen LogP contribution in [0.25, 0.3) is 0 Å². The summed E-state index contributed by atoms with van der Waals surface area (Å²) in [6.45, 7) is 6.90. The molecule has 0 saturated carbocycles. The first kappa shape index (κ1) is 17.5. The van der Waals surface area contributed by atoms with Gasteiger partial charge in [-0.25, -0.2) is 9.97 Å². The van der Waals surface area contributed by atoms with E-state index in [1.54, 1.807) is 7.11 Å². The van der Waals surface area contributed by atoms with Gasteiger partial charge in [-0.3, -0.25) is 4.90 Å². The predicted molar refractivity (Wildman–Crippen MR) is 100 cm³/mol. The van der Waals surface area contributed by atoms with Crippen molar-refractivity contribution in [1.82, 2.24) is 14.9 Å². The lowest BCUT2D eigenvalue weighted by atomic mass is 9.76. The van der Waals surface area contributed by atoms with E-state index in [-0.39, 0.29) is 0 Å². The Morgan fingerprint density at radius 1 is 1.23 bits per heavy atom. The normalized spacial score (nSPS) is 23.0. The number of aromatic nitrogens is 2. The van der Waals surface area contributed by atoms with Crippen molar-refractivity contribution >= 4 is 5.95 Å². The molecule has 2 fully saturated rings. The molecule has 2 aliphatic rings. The molecule has 0 aromatic carbocycles. The van der Waals surface area contributed by atoms with E-state index in [4.69, 9.17) is 9.15 Å². The lowest BCUT2D eigenvalue weighted by molar-refractivity contribution is 0.100. The van der Waals surface area contributed by atoms with Crippen LogP contribution in [-0.4, -0.2) is 54.3 Å². The Kier molecular flexibility index (Phi) is 4.96. The summed E-state index contributed by atoms with van der Waals surface area (Å²) in [4.78, 5) is 13.8. The van der Waals surface area contributed by atoms with Crippen molar-refractivity contribution < 1.29 is 9.15 Å². The fraction of sp³-hybridized carbons (Fsp3) is 0.600. The zero-order valence-electron chi connectivity index (χ0n) is 15.7. The van der Waals surface area contributed by atoms with Gasteiger partial charge < -0.3 is 14.1 Å². The monoisotopic (exact) mass is 356 g/mol. The van der Waals surface area contributed by atoms with E-state index in [1.165, 1.54) is 12.8 Å². The number of rotatable bonds is 5. The van der Waals surface area contributed by atoms with Gasteiger partial charge in [0.1, 0.15) is 11.5 Å². The zero-order chi connectivity index (χ0) is 18.0. The molecule has 0 aliphatic carbocycles. The number of likely N-dealkylation sites (tertiary alicyclic amines) is 1. The summed E-state index contributed by atoms with van der Waals surface area (Å²) in [5, 5.41) is 0. The van der Waals surface area contributed by atoms with Crippen molar-refractivity contribution in [2.75, 3.05) is 38.3 Å². The van der Waals surface area contributed by atoms with Gasteiger partial charge in [0.2, 0.25) is 5.95 Å². The molecule has 0 radical (unpaired) electrons. The average Bonchev–Trinajstić information content (AvgIpc) is 3.22. The van der Waals surface area contributed by atoms with Crippen LogP contribution in [0.15, 0.2) is 35.0 Å². The molecule has 6 heteroatoms. The molecule has 0 N–H and O–H groups in total. The minimum absolute atomic E-state index is 0.345. The fourth-order valence-corrected chi connectivity index (χ4v) is 4.52. The molecule has 2 saturated heterocycles. The van der Waals surface area contributed by atoms with Crippen LogP contribution in [0.4, 0.5) is 5.95 Å². The van der Waals surface area contributed by atoms with Gasteiger partial charge in [0.25, 0.3) is 0 Å². The van der Waals surface area contributed by atoms with E-state index in [1.807, 2.05) is 31.5 Å². The van der Waals surface area contributed by atoms with Gasteiger partial charge in [-0.1, -0.05) is 0 Å². The Balaban J connectivity index is 1.41. The number of hydrogen-bond donors (Lipinski definition) is 0. The zero-order valence-corrected chi connectivity index (χ0v) is 15.7. The smallest absolute Gasteiger partial charge is 0.225 e. The van der Waals surface area contributed by atoms with Crippen LogP contribution in [0.5, 0.6) is 0 Å². The number of hydrogen-bond acceptors (Lipinski definition) is 6. The highest BCUT2D eigenvalue weighted by Gasteiger charge is 2.46. The molecule has 0 unspecified atom stereocenters. The number of aryl methyl sites for hydroxylation is 1. The number of methoxy groups -OCH3 is 1. The Morgan fingerprint density at radius 3 is 2.65 bits per heavy atom. The Hall–Kier alpha value is -1.92. The van der Waals surface area contributed by atoms with Crippen molar-refractivity contribution in [2.45, 2.75) is 38.8 Å². The molecule has 4 heterocycles. The maximum absolute atomic E-state index is 5.74. The van der Waals surface area contributed by atoms with Gasteiger partial charge in [-0.05, 0) is 62.9 Å². The summed E-state index contributed by atoms with van der Waals surface area (Å²) in [5.41, 5.74) is 0.345. The molecule has 4 rings (SSSR count). The lowest BCUT2D eigenvalue weighted by Crippen LogP contribution is -2.41. The van der Waals surface area contributed by atoms with Gasteiger partial charge in [0.05, 0.1) is 19.2 Å². The number of furan rings is 1. The van der Waals surface area contributed by atoms with Gasteiger partial charge in [0.15, 0.2) is 0 Å².